The lowest BCUT2D eigenvalue weighted by Crippen LogP contribution is -2.32. The van der Waals surface area contributed by atoms with E-state index >= 15 is 0 Å². The van der Waals surface area contributed by atoms with Crippen molar-refractivity contribution in [1.82, 2.24) is 30.0 Å². The van der Waals surface area contributed by atoms with E-state index in [0.29, 0.717) is 23.9 Å². The predicted molar refractivity (Wildman–Crippen MR) is 101 cm³/mol. The molecular weight excluding hydrogens is 346 g/mol. The van der Waals surface area contributed by atoms with E-state index in [1.165, 1.54) is 6.26 Å². The van der Waals surface area contributed by atoms with Crippen LogP contribution >= 0.6 is 0 Å². The van der Waals surface area contributed by atoms with Gasteiger partial charge in [0.2, 0.25) is 5.95 Å². The molecule has 3 rings (SSSR count). The first-order valence-electron chi connectivity index (χ1n) is 8.56. The fourth-order valence-electron chi connectivity index (χ4n) is 2.28. The molecule has 0 saturated carbocycles. The number of anilines is 2. The zero-order chi connectivity index (χ0) is 19.6. The lowest BCUT2D eigenvalue weighted by atomic mass is 9.97. The van der Waals surface area contributed by atoms with Crippen LogP contribution in [0.25, 0.3) is 11.4 Å². The van der Waals surface area contributed by atoms with Crippen molar-refractivity contribution >= 4 is 17.7 Å². The molecule has 0 radical (unpaired) electrons. The van der Waals surface area contributed by atoms with Crippen LogP contribution in [-0.4, -0.2) is 37.2 Å². The second-order valence-electron chi connectivity index (χ2n) is 7.47. The van der Waals surface area contributed by atoms with Gasteiger partial charge in [0.15, 0.2) is 0 Å². The zero-order valence-electron chi connectivity index (χ0n) is 16.1. The lowest BCUT2D eigenvalue weighted by molar-refractivity contribution is 0.0904. The standard InChI is InChI=1S/C18H23N7O2/c1-11-8-19-17(23-13-6-7-21-25(13)5)24-14(11)12-9-27-16(22-12)15(26)20-10-18(2,3)4/h6-9H,10H2,1-5H3,(H,20,26)(H,19,23,24). The van der Waals surface area contributed by atoms with E-state index < -0.39 is 0 Å². The van der Waals surface area contributed by atoms with Crippen LogP contribution in [0.3, 0.4) is 0 Å². The van der Waals surface area contributed by atoms with E-state index in [1.54, 1.807) is 17.1 Å². The van der Waals surface area contributed by atoms with Gasteiger partial charge in [0.25, 0.3) is 5.89 Å². The molecule has 0 atom stereocenters. The fourth-order valence-corrected chi connectivity index (χ4v) is 2.28. The van der Waals surface area contributed by atoms with Gasteiger partial charge >= 0.3 is 5.91 Å². The van der Waals surface area contributed by atoms with Gasteiger partial charge in [-0.3, -0.25) is 9.48 Å². The van der Waals surface area contributed by atoms with E-state index in [2.05, 4.69) is 30.7 Å². The highest BCUT2D eigenvalue weighted by atomic mass is 16.4. The minimum atomic E-state index is -0.351. The number of carbonyl (C=O) groups is 1. The molecule has 1 amide bonds. The number of carbonyl (C=O) groups excluding carboxylic acids is 1. The lowest BCUT2D eigenvalue weighted by Gasteiger charge is -2.17. The van der Waals surface area contributed by atoms with Crippen molar-refractivity contribution in [1.29, 1.82) is 0 Å². The van der Waals surface area contributed by atoms with Crippen molar-refractivity contribution in [3.05, 3.63) is 36.2 Å². The van der Waals surface area contributed by atoms with Gasteiger partial charge in [-0.2, -0.15) is 5.10 Å². The Labute approximate surface area is 157 Å². The van der Waals surface area contributed by atoms with Crippen molar-refractivity contribution in [2.24, 2.45) is 12.5 Å². The Kier molecular flexibility index (Phi) is 4.93. The van der Waals surface area contributed by atoms with Gasteiger partial charge in [0, 0.05) is 25.9 Å². The molecule has 0 aromatic carbocycles. The summed E-state index contributed by atoms with van der Waals surface area (Å²) in [6, 6.07) is 1.82. The summed E-state index contributed by atoms with van der Waals surface area (Å²) < 4.78 is 7.03. The minimum Gasteiger partial charge on any atom is -0.440 e. The van der Waals surface area contributed by atoms with Crippen molar-refractivity contribution in [2.75, 3.05) is 11.9 Å². The number of hydrogen-bond donors (Lipinski definition) is 2. The van der Waals surface area contributed by atoms with E-state index in [-0.39, 0.29) is 17.2 Å². The Morgan fingerprint density at radius 3 is 2.74 bits per heavy atom. The van der Waals surface area contributed by atoms with E-state index in [9.17, 15) is 4.79 Å². The highest BCUT2D eigenvalue weighted by molar-refractivity contribution is 5.90. The average molecular weight is 369 g/mol. The topological polar surface area (TPSA) is 111 Å². The number of hydrogen-bond acceptors (Lipinski definition) is 7. The number of oxazole rings is 1. The van der Waals surface area contributed by atoms with Gasteiger partial charge < -0.3 is 15.1 Å². The van der Waals surface area contributed by atoms with Crippen molar-refractivity contribution in [3.8, 4) is 11.4 Å². The van der Waals surface area contributed by atoms with Gasteiger partial charge in [0.1, 0.15) is 23.5 Å². The van der Waals surface area contributed by atoms with Crippen molar-refractivity contribution in [3.63, 3.8) is 0 Å². The number of nitrogens with zero attached hydrogens (tertiary/aromatic N) is 5. The molecule has 3 aromatic heterocycles. The molecule has 142 valence electrons. The average Bonchev–Trinajstić information content (AvgIpc) is 3.23. The molecule has 0 spiro atoms. The summed E-state index contributed by atoms with van der Waals surface area (Å²) in [7, 11) is 1.82. The van der Waals surface area contributed by atoms with Crippen LogP contribution in [0.2, 0.25) is 0 Å². The highest BCUT2D eigenvalue weighted by Crippen LogP contribution is 2.22. The zero-order valence-corrected chi connectivity index (χ0v) is 16.1. The van der Waals surface area contributed by atoms with E-state index in [0.717, 1.165) is 11.4 Å². The third-order valence-electron chi connectivity index (χ3n) is 3.75. The molecule has 0 aliphatic rings. The van der Waals surface area contributed by atoms with Crippen LogP contribution in [0.5, 0.6) is 0 Å². The fraction of sp³-hybridized carbons (Fsp3) is 0.389. The first-order chi connectivity index (χ1) is 12.7. The second kappa shape index (κ2) is 7.18. The maximum atomic E-state index is 12.2. The summed E-state index contributed by atoms with van der Waals surface area (Å²) in [6.45, 7) is 8.51. The Bertz CT molecular complexity index is 953. The number of nitrogens with one attached hydrogen (secondary N) is 2. The first-order valence-corrected chi connectivity index (χ1v) is 8.56. The van der Waals surface area contributed by atoms with Gasteiger partial charge in [-0.1, -0.05) is 20.8 Å². The number of rotatable bonds is 5. The maximum absolute atomic E-state index is 12.2. The quantitative estimate of drug-likeness (QED) is 0.711. The first kappa shape index (κ1) is 18.6. The molecule has 0 bridgehead atoms. The minimum absolute atomic E-state index is 0.00778. The maximum Gasteiger partial charge on any atom is 0.307 e. The van der Waals surface area contributed by atoms with Crippen molar-refractivity contribution in [2.45, 2.75) is 27.7 Å². The number of aryl methyl sites for hydroxylation is 2. The van der Waals surface area contributed by atoms with Crippen LogP contribution in [0.15, 0.2) is 29.1 Å². The van der Waals surface area contributed by atoms with Crippen LogP contribution < -0.4 is 10.6 Å². The predicted octanol–water partition coefficient (Wildman–Crippen LogP) is 2.69. The molecule has 9 nitrogen and oxygen atoms in total. The molecule has 3 heterocycles. The summed E-state index contributed by atoms with van der Waals surface area (Å²) in [5.41, 5.74) is 1.86. The summed E-state index contributed by atoms with van der Waals surface area (Å²) in [4.78, 5) is 25.3. The molecule has 9 heteroatoms. The van der Waals surface area contributed by atoms with Crippen LogP contribution in [0.1, 0.15) is 37.0 Å². The Morgan fingerprint density at radius 2 is 2.07 bits per heavy atom. The molecule has 3 aromatic rings. The molecule has 0 saturated heterocycles. The van der Waals surface area contributed by atoms with Gasteiger partial charge in [-0.15, -0.1) is 0 Å². The summed E-state index contributed by atoms with van der Waals surface area (Å²) in [6.07, 6.45) is 4.79. The molecule has 2 N–H and O–H groups in total. The molecule has 0 unspecified atom stereocenters. The summed E-state index contributed by atoms with van der Waals surface area (Å²) >= 11 is 0. The van der Waals surface area contributed by atoms with E-state index in [1.807, 2.05) is 40.8 Å². The Balaban J connectivity index is 1.80. The largest absolute Gasteiger partial charge is 0.440 e. The van der Waals surface area contributed by atoms with Gasteiger partial charge in [-0.25, -0.2) is 15.0 Å². The van der Waals surface area contributed by atoms with Crippen LogP contribution in [-0.2, 0) is 7.05 Å². The summed E-state index contributed by atoms with van der Waals surface area (Å²) in [5, 5.41) is 10.0. The number of amides is 1. The third kappa shape index (κ3) is 4.49. The van der Waals surface area contributed by atoms with Crippen molar-refractivity contribution < 1.29 is 9.21 Å². The second-order valence-corrected chi connectivity index (χ2v) is 7.47. The normalized spacial score (nSPS) is 11.4. The smallest absolute Gasteiger partial charge is 0.307 e. The third-order valence-corrected chi connectivity index (χ3v) is 3.75. The Morgan fingerprint density at radius 1 is 1.30 bits per heavy atom. The van der Waals surface area contributed by atoms with Crippen LogP contribution in [0.4, 0.5) is 11.8 Å². The van der Waals surface area contributed by atoms with Crippen LogP contribution in [0, 0.1) is 12.3 Å². The highest BCUT2D eigenvalue weighted by Gasteiger charge is 2.19. The SMILES string of the molecule is Cc1cnc(Nc2ccnn2C)nc1-c1coc(C(=O)NCC(C)(C)C)n1. The molecule has 0 fully saturated rings. The molecule has 27 heavy (non-hydrogen) atoms. The monoisotopic (exact) mass is 369 g/mol. The molecule has 0 aliphatic heterocycles. The number of aromatic nitrogens is 5. The molecule has 0 aliphatic carbocycles. The Hall–Kier alpha value is -3.23. The van der Waals surface area contributed by atoms with E-state index in [4.69, 9.17) is 4.42 Å². The van der Waals surface area contributed by atoms with Gasteiger partial charge in [-0.05, 0) is 17.9 Å². The molecular formula is C18H23N7O2. The van der Waals surface area contributed by atoms with Gasteiger partial charge in [0.05, 0.1) is 6.20 Å². The summed E-state index contributed by atoms with van der Waals surface area (Å²) in [5.74, 6) is 0.817.